The van der Waals surface area contributed by atoms with Gasteiger partial charge in [0.25, 0.3) is 0 Å². The van der Waals surface area contributed by atoms with Crippen LogP contribution in [0.4, 0.5) is 0 Å². The number of piperazine rings is 1. The van der Waals surface area contributed by atoms with Crippen molar-refractivity contribution >= 4 is 0 Å². The monoisotopic (exact) mass is 283 g/mol. The van der Waals surface area contributed by atoms with E-state index in [1.54, 1.807) is 0 Å². The van der Waals surface area contributed by atoms with Crippen molar-refractivity contribution in [2.24, 2.45) is 5.41 Å². The van der Waals surface area contributed by atoms with Crippen LogP contribution in [0.5, 0.6) is 0 Å². The maximum Gasteiger partial charge on any atom is 0.0113 e. The molecule has 1 N–H and O–H groups in total. The van der Waals surface area contributed by atoms with Gasteiger partial charge in [-0.1, -0.05) is 27.7 Å². The van der Waals surface area contributed by atoms with E-state index >= 15 is 0 Å². The van der Waals surface area contributed by atoms with Crippen LogP contribution in [0.25, 0.3) is 0 Å². The molecule has 0 bridgehead atoms. The second-order valence-electron chi connectivity index (χ2n) is 7.23. The highest BCUT2D eigenvalue weighted by atomic mass is 15.3. The molecule has 2 atom stereocenters. The third kappa shape index (κ3) is 5.34. The lowest BCUT2D eigenvalue weighted by Gasteiger charge is -2.42. The van der Waals surface area contributed by atoms with Gasteiger partial charge in [0, 0.05) is 44.8 Å². The summed E-state index contributed by atoms with van der Waals surface area (Å²) < 4.78 is 0. The van der Waals surface area contributed by atoms with Crippen molar-refractivity contribution in [3.8, 4) is 0 Å². The Morgan fingerprint density at radius 1 is 1.05 bits per heavy atom. The van der Waals surface area contributed by atoms with E-state index in [2.05, 4.69) is 56.7 Å². The van der Waals surface area contributed by atoms with E-state index in [0.29, 0.717) is 11.5 Å². The van der Waals surface area contributed by atoms with Gasteiger partial charge in [-0.25, -0.2) is 0 Å². The van der Waals surface area contributed by atoms with Crippen molar-refractivity contribution in [3.63, 3.8) is 0 Å². The minimum atomic E-state index is 0.341. The molecule has 1 heterocycles. The molecule has 2 unspecified atom stereocenters. The zero-order chi connectivity index (χ0) is 15.2. The van der Waals surface area contributed by atoms with Crippen LogP contribution < -0.4 is 5.32 Å². The number of hydrogen-bond acceptors (Lipinski definition) is 3. The Hall–Kier alpha value is -0.120. The second kappa shape index (κ2) is 8.35. The molecule has 0 spiro atoms. The fourth-order valence-corrected chi connectivity index (χ4v) is 2.97. The highest BCUT2D eigenvalue weighted by Crippen LogP contribution is 2.23. The molecule has 1 fully saturated rings. The molecule has 120 valence electrons. The van der Waals surface area contributed by atoms with E-state index in [1.165, 1.54) is 45.6 Å². The molecular weight excluding hydrogens is 246 g/mol. The smallest absolute Gasteiger partial charge is 0.0113 e. The summed E-state index contributed by atoms with van der Waals surface area (Å²) in [5, 5.41) is 3.66. The van der Waals surface area contributed by atoms with Crippen molar-refractivity contribution in [2.45, 2.75) is 66.5 Å². The van der Waals surface area contributed by atoms with E-state index in [-0.39, 0.29) is 0 Å². The summed E-state index contributed by atoms with van der Waals surface area (Å²) in [6, 6.07) is 1.32. The van der Waals surface area contributed by atoms with Crippen molar-refractivity contribution in [2.75, 3.05) is 39.3 Å². The normalized spacial score (nSPS) is 21.9. The predicted octanol–water partition coefficient (Wildman–Crippen LogP) is 2.82. The van der Waals surface area contributed by atoms with Crippen molar-refractivity contribution < 1.29 is 0 Å². The summed E-state index contributed by atoms with van der Waals surface area (Å²) in [5.74, 6) is 0. The molecule has 0 aromatic carbocycles. The molecule has 20 heavy (non-hydrogen) atoms. The van der Waals surface area contributed by atoms with Crippen LogP contribution in [0.15, 0.2) is 0 Å². The molecule has 0 radical (unpaired) electrons. The van der Waals surface area contributed by atoms with Crippen LogP contribution in [-0.4, -0.2) is 61.2 Å². The number of nitrogens with zero attached hydrogens (tertiary/aromatic N) is 2. The Balaban J connectivity index is 2.38. The summed E-state index contributed by atoms with van der Waals surface area (Å²) in [6.45, 7) is 21.3. The van der Waals surface area contributed by atoms with Crippen LogP contribution in [0, 0.1) is 5.41 Å². The molecule has 0 amide bonds. The molecule has 1 aliphatic rings. The van der Waals surface area contributed by atoms with E-state index < -0.39 is 0 Å². The lowest BCUT2D eigenvalue weighted by Crippen LogP contribution is -2.54. The number of hydrogen-bond donors (Lipinski definition) is 1. The first-order valence-corrected chi connectivity index (χ1v) is 8.60. The molecule has 0 aromatic heterocycles. The first-order valence-electron chi connectivity index (χ1n) is 8.60. The Bertz CT molecular complexity index is 257. The molecule has 3 nitrogen and oxygen atoms in total. The highest BCUT2D eigenvalue weighted by Gasteiger charge is 2.30. The maximum atomic E-state index is 3.66. The van der Waals surface area contributed by atoms with Gasteiger partial charge in [-0.15, -0.1) is 0 Å². The fourth-order valence-electron chi connectivity index (χ4n) is 2.97. The molecule has 0 saturated carbocycles. The molecular formula is C17H37N3. The topological polar surface area (TPSA) is 18.5 Å². The minimum absolute atomic E-state index is 0.341. The van der Waals surface area contributed by atoms with Gasteiger partial charge in [-0.3, -0.25) is 4.90 Å². The number of nitrogens with one attached hydrogen (secondary N) is 1. The summed E-state index contributed by atoms with van der Waals surface area (Å²) in [7, 11) is 0. The summed E-state index contributed by atoms with van der Waals surface area (Å²) in [4.78, 5) is 5.30. The average Bonchev–Trinajstić information content (AvgIpc) is 2.44. The summed E-state index contributed by atoms with van der Waals surface area (Å²) in [5.41, 5.74) is 0.341. The van der Waals surface area contributed by atoms with Crippen LogP contribution >= 0.6 is 0 Å². The average molecular weight is 284 g/mol. The van der Waals surface area contributed by atoms with E-state index in [0.717, 1.165) is 12.6 Å². The van der Waals surface area contributed by atoms with Crippen molar-refractivity contribution in [1.82, 2.24) is 15.1 Å². The van der Waals surface area contributed by atoms with Crippen LogP contribution in [-0.2, 0) is 0 Å². The Morgan fingerprint density at radius 3 is 2.15 bits per heavy atom. The largest absolute Gasteiger partial charge is 0.314 e. The fraction of sp³-hybridized carbons (Fsp3) is 1.00. The van der Waals surface area contributed by atoms with Gasteiger partial charge in [0.1, 0.15) is 0 Å². The molecule has 0 aliphatic carbocycles. The summed E-state index contributed by atoms with van der Waals surface area (Å²) >= 11 is 0. The molecule has 0 aromatic rings. The van der Waals surface area contributed by atoms with Gasteiger partial charge in [0.2, 0.25) is 0 Å². The van der Waals surface area contributed by atoms with Crippen LogP contribution in [0.2, 0.25) is 0 Å². The Labute approximate surface area is 127 Å². The third-order valence-electron chi connectivity index (χ3n) is 5.12. The first-order chi connectivity index (χ1) is 9.40. The summed E-state index contributed by atoms with van der Waals surface area (Å²) in [6.07, 6.45) is 2.48. The van der Waals surface area contributed by atoms with Crippen molar-refractivity contribution in [1.29, 1.82) is 0 Å². The SMILES string of the molecule is CCCNC(C)C(C)(C)CN1CCN(C(C)CC)CC1. The van der Waals surface area contributed by atoms with Gasteiger partial charge < -0.3 is 10.2 Å². The van der Waals surface area contributed by atoms with Gasteiger partial charge in [-0.05, 0) is 38.6 Å². The standard InChI is InChI=1S/C17H37N3/c1-7-9-18-16(4)17(5,6)14-19-10-12-20(13-11-19)15(3)8-2/h15-16,18H,7-14H2,1-6H3. The molecule has 1 saturated heterocycles. The lowest BCUT2D eigenvalue weighted by molar-refractivity contribution is 0.0652. The maximum absolute atomic E-state index is 3.66. The quantitative estimate of drug-likeness (QED) is 0.739. The molecule has 1 rings (SSSR count). The highest BCUT2D eigenvalue weighted by molar-refractivity contribution is 4.86. The predicted molar refractivity (Wildman–Crippen MR) is 89.3 cm³/mol. The van der Waals surface area contributed by atoms with Crippen molar-refractivity contribution in [3.05, 3.63) is 0 Å². The first kappa shape index (κ1) is 17.9. The Kier molecular flexibility index (Phi) is 7.49. The third-order valence-corrected chi connectivity index (χ3v) is 5.12. The van der Waals surface area contributed by atoms with Gasteiger partial charge in [0.15, 0.2) is 0 Å². The minimum Gasteiger partial charge on any atom is -0.314 e. The van der Waals surface area contributed by atoms with Gasteiger partial charge in [0.05, 0.1) is 0 Å². The lowest BCUT2D eigenvalue weighted by atomic mass is 9.84. The van der Waals surface area contributed by atoms with E-state index in [1.807, 2.05) is 0 Å². The zero-order valence-corrected chi connectivity index (χ0v) is 14.7. The van der Waals surface area contributed by atoms with Crippen LogP contribution in [0.3, 0.4) is 0 Å². The Morgan fingerprint density at radius 2 is 1.65 bits per heavy atom. The van der Waals surface area contributed by atoms with Crippen LogP contribution in [0.1, 0.15) is 54.4 Å². The molecule has 3 heteroatoms. The van der Waals surface area contributed by atoms with E-state index in [4.69, 9.17) is 0 Å². The number of rotatable bonds is 8. The molecule has 1 aliphatic heterocycles. The zero-order valence-electron chi connectivity index (χ0n) is 14.7. The van der Waals surface area contributed by atoms with E-state index in [9.17, 15) is 0 Å². The second-order valence-corrected chi connectivity index (χ2v) is 7.23. The van der Waals surface area contributed by atoms with Gasteiger partial charge in [-0.2, -0.15) is 0 Å². The van der Waals surface area contributed by atoms with Gasteiger partial charge >= 0.3 is 0 Å².